The molecule has 0 spiro atoms. The molecule has 5 rings (SSSR count). The Kier molecular flexibility index (Phi) is 7.45. The zero-order valence-electron chi connectivity index (χ0n) is 22.5. The maximum absolute atomic E-state index is 13.9. The minimum atomic E-state index is -0.616. The van der Waals surface area contributed by atoms with E-state index < -0.39 is 5.92 Å². The Morgan fingerprint density at radius 2 is 1.58 bits per heavy atom. The van der Waals surface area contributed by atoms with E-state index >= 15 is 0 Å². The number of nitrogens with one attached hydrogen (secondary N) is 1. The van der Waals surface area contributed by atoms with E-state index in [-0.39, 0.29) is 23.8 Å². The van der Waals surface area contributed by atoms with Gasteiger partial charge in [0.15, 0.2) is 5.78 Å². The zero-order valence-corrected chi connectivity index (χ0v) is 22.5. The topological polar surface area (TPSA) is 83.1 Å². The van der Waals surface area contributed by atoms with Crippen LogP contribution in [0.25, 0.3) is 0 Å². The standard InChI is InChI=1S/C31H35NO6/c1-18-28(31(34)38-22-7-5-6-8-22)29(24-17-23(36-3)13-14-27(24)37-4)30-25(32-18)15-20(16-26(30)33)19-9-11-21(35-2)12-10-19/h9-14,17,20,22,29,32H,5-8,15-16H2,1-4H3/t20-,29+/m1/s1. The molecule has 0 aromatic heterocycles. The highest BCUT2D eigenvalue weighted by Crippen LogP contribution is 2.48. The summed E-state index contributed by atoms with van der Waals surface area (Å²) in [6.45, 7) is 1.89. The molecule has 0 unspecified atom stereocenters. The molecule has 1 heterocycles. The van der Waals surface area contributed by atoms with Crippen LogP contribution in [0.4, 0.5) is 0 Å². The Labute approximate surface area is 223 Å². The van der Waals surface area contributed by atoms with E-state index in [0.717, 1.165) is 48.3 Å². The van der Waals surface area contributed by atoms with Gasteiger partial charge in [-0.1, -0.05) is 12.1 Å². The summed E-state index contributed by atoms with van der Waals surface area (Å²) in [5.74, 6) is 1.03. The van der Waals surface area contributed by atoms with Gasteiger partial charge in [-0.3, -0.25) is 4.79 Å². The smallest absolute Gasteiger partial charge is 0.337 e. The second-order valence-electron chi connectivity index (χ2n) is 10.2. The van der Waals surface area contributed by atoms with Crippen LogP contribution < -0.4 is 19.5 Å². The SMILES string of the molecule is COc1ccc([C@H]2CC(=O)C3=C(C2)NC(C)=C(C(=O)OC2CCCC2)[C@@H]3c2cc(OC)ccc2OC)cc1. The van der Waals surface area contributed by atoms with Crippen LogP contribution in [-0.4, -0.2) is 39.2 Å². The number of methoxy groups -OCH3 is 3. The van der Waals surface area contributed by atoms with E-state index in [0.29, 0.717) is 41.2 Å². The second kappa shape index (κ2) is 10.9. The number of dihydropyridines is 1. The van der Waals surface area contributed by atoms with Crippen molar-refractivity contribution in [2.75, 3.05) is 21.3 Å². The second-order valence-corrected chi connectivity index (χ2v) is 10.2. The first-order valence-electron chi connectivity index (χ1n) is 13.2. The fourth-order valence-corrected chi connectivity index (χ4v) is 6.02. The molecule has 2 atom stereocenters. The van der Waals surface area contributed by atoms with Gasteiger partial charge in [0.25, 0.3) is 0 Å². The van der Waals surface area contributed by atoms with Gasteiger partial charge in [0, 0.05) is 29.0 Å². The van der Waals surface area contributed by atoms with Crippen molar-refractivity contribution in [3.8, 4) is 17.2 Å². The lowest BCUT2D eigenvalue weighted by atomic mass is 9.71. The minimum absolute atomic E-state index is 0.00751. The predicted octanol–water partition coefficient (Wildman–Crippen LogP) is 5.56. The van der Waals surface area contributed by atoms with Gasteiger partial charge >= 0.3 is 5.97 Å². The summed E-state index contributed by atoms with van der Waals surface area (Å²) in [4.78, 5) is 27.6. The van der Waals surface area contributed by atoms with Gasteiger partial charge < -0.3 is 24.3 Å². The van der Waals surface area contributed by atoms with Crippen LogP contribution in [0.2, 0.25) is 0 Å². The first kappa shape index (κ1) is 25.9. The molecule has 1 aliphatic heterocycles. The number of benzene rings is 2. The van der Waals surface area contributed by atoms with Crippen LogP contribution in [0, 0.1) is 0 Å². The van der Waals surface area contributed by atoms with Crippen molar-refractivity contribution in [3.05, 3.63) is 76.1 Å². The molecule has 7 heteroatoms. The van der Waals surface area contributed by atoms with Crippen LogP contribution in [0.15, 0.2) is 65.0 Å². The molecule has 1 fully saturated rings. The van der Waals surface area contributed by atoms with Crippen molar-refractivity contribution >= 4 is 11.8 Å². The highest BCUT2D eigenvalue weighted by atomic mass is 16.5. The summed E-state index contributed by atoms with van der Waals surface area (Å²) < 4.78 is 22.5. The fraction of sp³-hybridized carbons (Fsp3) is 0.419. The van der Waals surface area contributed by atoms with Gasteiger partial charge in [-0.15, -0.1) is 0 Å². The van der Waals surface area contributed by atoms with Crippen molar-refractivity contribution in [2.24, 2.45) is 0 Å². The lowest BCUT2D eigenvalue weighted by molar-refractivity contribution is -0.144. The van der Waals surface area contributed by atoms with Gasteiger partial charge in [0.1, 0.15) is 23.4 Å². The monoisotopic (exact) mass is 517 g/mol. The molecule has 38 heavy (non-hydrogen) atoms. The third-order valence-electron chi connectivity index (χ3n) is 7.96. The molecule has 2 aromatic rings. The van der Waals surface area contributed by atoms with Crippen molar-refractivity contribution in [2.45, 2.75) is 63.4 Å². The maximum Gasteiger partial charge on any atom is 0.337 e. The van der Waals surface area contributed by atoms with Crippen LogP contribution in [0.3, 0.4) is 0 Å². The van der Waals surface area contributed by atoms with Gasteiger partial charge in [-0.05, 0) is 80.8 Å². The fourth-order valence-electron chi connectivity index (χ4n) is 6.02. The third-order valence-corrected chi connectivity index (χ3v) is 7.96. The number of carbonyl (C=O) groups excluding carboxylic acids is 2. The maximum atomic E-state index is 13.9. The Balaban J connectivity index is 1.58. The minimum Gasteiger partial charge on any atom is -0.497 e. The summed E-state index contributed by atoms with van der Waals surface area (Å²) in [6, 6.07) is 13.4. The van der Waals surface area contributed by atoms with Crippen molar-refractivity contribution in [1.82, 2.24) is 5.32 Å². The summed E-state index contributed by atoms with van der Waals surface area (Å²) in [7, 11) is 4.83. The summed E-state index contributed by atoms with van der Waals surface area (Å²) >= 11 is 0. The van der Waals surface area contributed by atoms with Gasteiger partial charge in [-0.25, -0.2) is 4.79 Å². The number of ether oxygens (including phenoxy) is 4. The summed E-state index contributed by atoms with van der Waals surface area (Å²) in [6.07, 6.45) is 4.76. The molecule has 2 aliphatic carbocycles. The number of esters is 1. The molecular weight excluding hydrogens is 482 g/mol. The number of hydrogen-bond donors (Lipinski definition) is 1. The van der Waals surface area contributed by atoms with Crippen LogP contribution in [0.5, 0.6) is 17.2 Å². The van der Waals surface area contributed by atoms with Crippen molar-refractivity contribution < 1.29 is 28.5 Å². The van der Waals surface area contributed by atoms with Crippen molar-refractivity contribution in [3.63, 3.8) is 0 Å². The lowest BCUT2D eigenvalue weighted by Crippen LogP contribution is -2.36. The van der Waals surface area contributed by atoms with Crippen LogP contribution >= 0.6 is 0 Å². The zero-order chi connectivity index (χ0) is 26.8. The molecule has 0 saturated heterocycles. The number of carbonyl (C=O) groups is 2. The number of ketones is 1. The molecule has 0 bridgehead atoms. The first-order valence-corrected chi connectivity index (χ1v) is 13.2. The molecule has 1 saturated carbocycles. The van der Waals surface area contributed by atoms with Gasteiger partial charge in [-0.2, -0.15) is 0 Å². The van der Waals surface area contributed by atoms with Crippen LogP contribution in [-0.2, 0) is 14.3 Å². The number of rotatable bonds is 7. The number of Topliss-reactive ketones (excluding diaryl/α,β-unsaturated/α-hetero) is 1. The molecule has 3 aliphatic rings. The molecule has 2 aromatic carbocycles. The van der Waals surface area contributed by atoms with E-state index in [1.807, 2.05) is 49.4 Å². The van der Waals surface area contributed by atoms with E-state index in [2.05, 4.69) is 5.32 Å². The average molecular weight is 518 g/mol. The third kappa shape index (κ3) is 4.89. The van der Waals surface area contributed by atoms with Crippen molar-refractivity contribution in [1.29, 1.82) is 0 Å². The Morgan fingerprint density at radius 1 is 0.895 bits per heavy atom. The van der Waals surface area contributed by atoms with E-state index in [9.17, 15) is 9.59 Å². The van der Waals surface area contributed by atoms with Gasteiger partial charge in [0.2, 0.25) is 0 Å². The Hall–Kier alpha value is -3.74. The highest BCUT2D eigenvalue weighted by molar-refractivity contribution is 6.04. The lowest BCUT2D eigenvalue weighted by Gasteiger charge is -2.37. The van der Waals surface area contributed by atoms with E-state index in [1.165, 1.54) is 0 Å². The predicted molar refractivity (Wildman–Crippen MR) is 143 cm³/mol. The summed E-state index contributed by atoms with van der Waals surface area (Å²) in [5, 5.41) is 3.43. The number of hydrogen-bond acceptors (Lipinski definition) is 7. The molecule has 200 valence electrons. The highest BCUT2D eigenvalue weighted by Gasteiger charge is 2.43. The average Bonchev–Trinajstić information content (AvgIpc) is 3.44. The number of allylic oxidation sites excluding steroid dienone is 3. The molecular formula is C31H35NO6. The summed E-state index contributed by atoms with van der Waals surface area (Å²) in [5.41, 5.74) is 4.39. The Bertz CT molecular complexity index is 1290. The quantitative estimate of drug-likeness (QED) is 0.482. The molecule has 7 nitrogen and oxygen atoms in total. The van der Waals surface area contributed by atoms with E-state index in [1.54, 1.807) is 21.3 Å². The largest absolute Gasteiger partial charge is 0.497 e. The Morgan fingerprint density at radius 3 is 2.24 bits per heavy atom. The van der Waals surface area contributed by atoms with Gasteiger partial charge in [0.05, 0.1) is 32.8 Å². The van der Waals surface area contributed by atoms with Crippen LogP contribution in [0.1, 0.15) is 68.4 Å². The molecule has 1 N–H and O–H groups in total. The first-order chi connectivity index (χ1) is 18.4. The van der Waals surface area contributed by atoms with E-state index in [4.69, 9.17) is 18.9 Å². The molecule has 0 amide bonds. The normalized spacial score (nSPS) is 21.6. The molecule has 0 radical (unpaired) electrons.